The molecular formula is C13H17N3O3. The lowest BCUT2D eigenvalue weighted by Crippen LogP contribution is -2.50. The number of hydrogen-bond acceptors (Lipinski definition) is 3. The summed E-state index contributed by atoms with van der Waals surface area (Å²) in [6.45, 7) is 3.45. The van der Waals surface area contributed by atoms with Crippen LogP contribution in [0.5, 0.6) is 0 Å². The number of hydrogen-bond donors (Lipinski definition) is 3. The van der Waals surface area contributed by atoms with Gasteiger partial charge in [-0.2, -0.15) is 0 Å². The van der Waals surface area contributed by atoms with Gasteiger partial charge in [0.05, 0.1) is 0 Å². The zero-order chi connectivity index (χ0) is 14.4. The van der Waals surface area contributed by atoms with Gasteiger partial charge < -0.3 is 16.4 Å². The van der Waals surface area contributed by atoms with Crippen molar-refractivity contribution in [3.8, 4) is 0 Å². The molecule has 6 heteroatoms. The fraction of sp³-hybridized carbons (Fsp3) is 0.308. The van der Waals surface area contributed by atoms with Gasteiger partial charge in [-0.15, -0.1) is 0 Å². The third-order valence-electron chi connectivity index (χ3n) is 2.50. The van der Waals surface area contributed by atoms with Crippen LogP contribution in [-0.2, 0) is 14.4 Å². The van der Waals surface area contributed by atoms with E-state index in [-0.39, 0.29) is 5.92 Å². The second-order valence-electron chi connectivity index (χ2n) is 4.42. The molecule has 0 unspecified atom stereocenters. The highest BCUT2D eigenvalue weighted by Crippen LogP contribution is 2.05. The van der Waals surface area contributed by atoms with Gasteiger partial charge in [-0.1, -0.05) is 32.0 Å². The first kappa shape index (κ1) is 14.7. The van der Waals surface area contributed by atoms with Gasteiger partial charge in [0, 0.05) is 5.69 Å². The summed E-state index contributed by atoms with van der Waals surface area (Å²) in [5.41, 5.74) is 5.66. The smallest absolute Gasteiger partial charge is 0.313 e. The Morgan fingerprint density at radius 3 is 2.11 bits per heavy atom. The van der Waals surface area contributed by atoms with Crippen molar-refractivity contribution in [1.82, 2.24) is 5.32 Å². The first-order valence-corrected chi connectivity index (χ1v) is 5.88. The van der Waals surface area contributed by atoms with E-state index in [0.29, 0.717) is 5.69 Å². The molecule has 0 fully saturated rings. The Labute approximate surface area is 111 Å². The number of carbonyl (C=O) groups excluding carboxylic acids is 3. The molecule has 3 amide bonds. The number of anilines is 1. The highest BCUT2D eigenvalue weighted by Gasteiger charge is 2.24. The van der Waals surface area contributed by atoms with Gasteiger partial charge in [0.25, 0.3) is 0 Å². The number of rotatable bonds is 4. The first-order chi connectivity index (χ1) is 8.91. The lowest BCUT2D eigenvalue weighted by atomic mass is 10.0. The summed E-state index contributed by atoms with van der Waals surface area (Å²) >= 11 is 0. The van der Waals surface area contributed by atoms with E-state index in [1.165, 1.54) is 0 Å². The van der Waals surface area contributed by atoms with Crippen molar-refractivity contribution in [3.63, 3.8) is 0 Å². The van der Waals surface area contributed by atoms with Crippen LogP contribution >= 0.6 is 0 Å². The first-order valence-electron chi connectivity index (χ1n) is 5.88. The summed E-state index contributed by atoms with van der Waals surface area (Å²) < 4.78 is 0. The number of carbonyl (C=O) groups is 3. The molecule has 1 atom stereocenters. The molecule has 0 heterocycles. The maximum Gasteiger partial charge on any atom is 0.313 e. The molecule has 0 aliphatic heterocycles. The van der Waals surface area contributed by atoms with E-state index in [1.807, 2.05) is 0 Å². The quantitative estimate of drug-likeness (QED) is 0.679. The fourth-order valence-corrected chi connectivity index (χ4v) is 1.48. The summed E-state index contributed by atoms with van der Waals surface area (Å²) in [6.07, 6.45) is 0. The highest BCUT2D eigenvalue weighted by atomic mass is 16.2. The van der Waals surface area contributed by atoms with Crippen molar-refractivity contribution in [2.75, 3.05) is 5.32 Å². The SMILES string of the molecule is CC(C)[C@H](NC(=O)C(=O)Nc1ccccc1)C(N)=O. The number of benzene rings is 1. The summed E-state index contributed by atoms with van der Waals surface area (Å²) in [4.78, 5) is 34.4. The molecule has 0 saturated heterocycles. The van der Waals surface area contributed by atoms with Crippen LogP contribution in [0.2, 0.25) is 0 Å². The average molecular weight is 263 g/mol. The van der Waals surface area contributed by atoms with Crippen LogP contribution in [0.15, 0.2) is 30.3 Å². The Balaban J connectivity index is 2.63. The van der Waals surface area contributed by atoms with Crippen molar-refractivity contribution in [2.45, 2.75) is 19.9 Å². The van der Waals surface area contributed by atoms with Gasteiger partial charge in [0.1, 0.15) is 6.04 Å². The minimum atomic E-state index is -0.888. The molecule has 1 aromatic rings. The Bertz CT molecular complexity index is 471. The van der Waals surface area contributed by atoms with E-state index in [2.05, 4.69) is 10.6 Å². The topological polar surface area (TPSA) is 101 Å². The molecule has 0 radical (unpaired) electrons. The van der Waals surface area contributed by atoms with Gasteiger partial charge in [0.15, 0.2) is 0 Å². The Kier molecular flexibility index (Phi) is 5.05. The Morgan fingerprint density at radius 2 is 1.63 bits per heavy atom. The molecule has 19 heavy (non-hydrogen) atoms. The van der Waals surface area contributed by atoms with Crippen molar-refractivity contribution < 1.29 is 14.4 Å². The molecule has 0 spiro atoms. The van der Waals surface area contributed by atoms with Crippen molar-refractivity contribution in [2.24, 2.45) is 11.7 Å². The van der Waals surface area contributed by atoms with Crippen LogP contribution in [-0.4, -0.2) is 23.8 Å². The molecule has 6 nitrogen and oxygen atoms in total. The minimum Gasteiger partial charge on any atom is -0.368 e. The monoisotopic (exact) mass is 263 g/mol. The van der Waals surface area contributed by atoms with E-state index >= 15 is 0 Å². The van der Waals surface area contributed by atoms with E-state index < -0.39 is 23.8 Å². The molecular weight excluding hydrogens is 246 g/mol. The lowest BCUT2D eigenvalue weighted by molar-refractivity contribution is -0.138. The number of para-hydroxylation sites is 1. The van der Waals surface area contributed by atoms with Crippen LogP contribution in [0.3, 0.4) is 0 Å². The van der Waals surface area contributed by atoms with Crippen LogP contribution in [0, 0.1) is 5.92 Å². The lowest BCUT2D eigenvalue weighted by Gasteiger charge is -2.18. The number of nitrogens with two attached hydrogens (primary N) is 1. The molecule has 1 rings (SSSR count). The molecule has 0 saturated carbocycles. The van der Waals surface area contributed by atoms with Crippen molar-refractivity contribution in [1.29, 1.82) is 0 Å². The number of amides is 3. The zero-order valence-electron chi connectivity index (χ0n) is 10.8. The molecule has 102 valence electrons. The van der Waals surface area contributed by atoms with Gasteiger partial charge >= 0.3 is 11.8 Å². The van der Waals surface area contributed by atoms with Crippen molar-refractivity contribution in [3.05, 3.63) is 30.3 Å². The average Bonchev–Trinajstić information content (AvgIpc) is 2.35. The van der Waals surface area contributed by atoms with Crippen LogP contribution in [0.1, 0.15) is 13.8 Å². The number of nitrogens with one attached hydrogen (secondary N) is 2. The molecule has 1 aromatic carbocycles. The van der Waals surface area contributed by atoms with E-state index in [0.717, 1.165) is 0 Å². The molecule has 0 aliphatic rings. The van der Waals surface area contributed by atoms with Gasteiger partial charge in [-0.25, -0.2) is 0 Å². The summed E-state index contributed by atoms with van der Waals surface area (Å²) in [7, 11) is 0. The maximum atomic E-state index is 11.6. The third kappa shape index (κ3) is 4.42. The van der Waals surface area contributed by atoms with Crippen LogP contribution in [0.25, 0.3) is 0 Å². The Morgan fingerprint density at radius 1 is 1.05 bits per heavy atom. The normalized spacial score (nSPS) is 11.7. The largest absolute Gasteiger partial charge is 0.368 e. The third-order valence-corrected chi connectivity index (χ3v) is 2.50. The van der Waals surface area contributed by atoms with Gasteiger partial charge in [-0.3, -0.25) is 14.4 Å². The summed E-state index contributed by atoms with van der Waals surface area (Å²) in [5, 5.41) is 4.73. The second kappa shape index (κ2) is 6.53. The van der Waals surface area contributed by atoms with Gasteiger partial charge in [-0.05, 0) is 18.1 Å². The maximum absolute atomic E-state index is 11.6. The second-order valence-corrected chi connectivity index (χ2v) is 4.42. The minimum absolute atomic E-state index is 0.189. The van der Waals surface area contributed by atoms with E-state index in [9.17, 15) is 14.4 Å². The summed E-state index contributed by atoms with van der Waals surface area (Å²) in [6, 6.07) is 7.69. The van der Waals surface area contributed by atoms with Crippen LogP contribution < -0.4 is 16.4 Å². The highest BCUT2D eigenvalue weighted by molar-refractivity contribution is 6.40. The summed E-state index contributed by atoms with van der Waals surface area (Å²) in [5.74, 6) is -2.58. The number of primary amides is 1. The van der Waals surface area contributed by atoms with E-state index in [4.69, 9.17) is 5.73 Å². The predicted octanol–water partition coefficient (Wildman–Crippen LogP) is 0.251. The zero-order valence-corrected chi connectivity index (χ0v) is 10.8. The molecule has 0 aliphatic carbocycles. The Hall–Kier alpha value is -2.37. The molecule has 0 bridgehead atoms. The fourth-order valence-electron chi connectivity index (χ4n) is 1.48. The molecule has 0 aromatic heterocycles. The molecule has 4 N–H and O–H groups in total. The predicted molar refractivity (Wildman–Crippen MR) is 71.0 cm³/mol. The van der Waals surface area contributed by atoms with E-state index in [1.54, 1.807) is 44.2 Å². The van der Waals surface area contributed by atoms with Crippen LogP contribution in [0.4, 0.5) is 5.69 Å². The van der Waals surface area contributed by atoms with Crippen molar-refractivity contribution >= 4 is 23.4 Å². The van der Waals surface area contributed by atoms with Gasteiger partial charge in [0.2, 0.25) is 5.91 Å². The standard InChI is InChI=1S/C13H17N3O3/c1-8(2)10(11(14)17)16-13(19)12(18)15-9-6-4-3-5-7-9/h3-8,10H,1-2H3,(H2,14,17)(H,15,18)(H,16,19)/t10-/m0/s1.